The van der Waals surface area contributed by atoms with Crippen LogP contribution in [-0.4, -0.2) is 29.2 Å². The van der Waals surface area contributed by atoms with E-state index in [1.165, 1.54) is 4.88 Å². The highest BCUT2D eigenvalue weighted by Gasteiger charge is 2.38. The summed E-state index contributed by atoms with van der Waals surface area (Å²) in [5.74, 6) is 0.683. The molecule has 1 aliphatic carbocycles. The van der Waals surface area contributed by atoms with Crippen molar-refractivity contribution in [1.82, 2.24) is 10.3 Å². The van der Waals surface area contributed by atoms with Gasteiger partial charge in [0.2, 0.25) is 0 Å². The second-order valence-corrected chi connectivity index (χ2v) is 10.4. The van der Waals surface area contributed by atoms with Crippen molar-refractivity contribution in [2.75, 3.05) is 6.61 Å². The molecule has 0 bridgehead atoms. The Kier molecular flexibility index (Phi) is 7.84. The fraction of sp³-hybridized carbons (Fsp3) is 0.444. The third-order valence-corrected chi connectivity index (χ3v) is 7.73. The Balaban J connectivity index is 1.38. The highest BCUT2D eigenvalue weighted by molar-refractivity contribution is 7.12. The van der Waals surface area contributed by atoms with Crippen LogP contribution in [0.5, 0.6) is 5.75 Å². The van der Waals surface area contributed by atoms with Gasteiger partial charge in [-0.2, -0.15) is 18.4 Å². The second kappa shape index (κ2) is 10.9. The SMILES string of the molecule is C=C[C@]1(CCCc2cccc(OCCCC(F)(F)F)c2)CC(c2ncc(C3CC3)s2)=C(C#N)C(=O)N1. The lowest BCUT2D eigenvalue weighted by molar-refractivity contribution is -0.136. The number of carbonyl (C=O) groups excluding carboxylic acids is 1. The number of halogens is 3. The molecule has 0 spiro atoms. The number of hydrogen-bond acceptors (Lipinski definition) is 5. The predicted octanol–water partition coefficient (Wildman–Crippen LogP) is 6.49. The van der Waals surface area contributed by atoms with Gasteiger partial charge >= 0.3 is 6.18 Å². The van der Waals surface area contributed by atoms with Crippen molar-refractivity contribution in [3.63, 3.8) is 0 Å². The maximum absolute atomic E-state index is 12.9. The van der Waals surface area contributed by atoms with E-state index >= 15 is 0 Å². The number of carbonyl (C=O) groups is 1. The number of amides is 1. The van der Waals surface area contributed by atoms with Crippen LogP contribution in [-0.2, 0) is 11.2 Å². The van der Waals surface area contributed by atoms with Crippen LogP contribution in [0.1, 0.15) is 66.3 Å². The lowest BCUT2D eigenvalue weighted by Gasteiger charge is -2.36. The van der Waals surface area contributed by atoms with E-state index in [1.54, 1.807) is 23.5 Å². The van der Waals surface area contributed by atoms with E-state index in [-0.39, 0.29) is 18.6 Å². The summed E-state index contributed by atoms with van der Waals surface area (Å²) >= 11 is 1.56. The molecular formula is C27H28F3N3O2S. The third-order valence-electron chi connectivity index (χ3n) is 6.51. The second-order valence-electron chi connectivity index (χ2n) is 9.37. The van der Waals surface area contributed by atoms with Gasteiger partial charge in [-0.3, -0.25) is 4.79 Å². The van der Waals surface area contributed by atoms with Crippen molar-refractivity contribution in [2.24, 2.45) is 0 Å². The third kappa shape index (κ3) is 6.55. The Bertz CT molecular complexity index is 1190. The van der Waals surface area contributed by atoms with Gasteiger partial charge in [-0.05, 0) is 62.1 Å². The van der Waals surface area contributed by atoms with Gasteiger partial charge in [0.25, 0.3) is 5.91 Å². The lowest BCUT2D eigenvalue weighted by Crippen LogP contribution is -2.50. The van der Waals surface area contributed by atoms with Gasteiger partial charge in [-0.1, -0.05) is 18.2 Å². The van der Waals surface area contributed by atoms with E-state index in [1.807, 2.05) is 24.4 Å². The zero-order valence-corrected chi connectivity index (χ0v) is 20.7. The molecule has 1 aliphatic heterocycles. The van der Waals surface area contributed by atoms with Gasteiger partial charge in [0, 0.05) is 29.5 Å². The summed E-state index contributed by atoms with van der Waals surface area (Å²) in [4.78, 5) is 18.6. The highest BCUT2D eigenvalue weighted by atomic mass is 32.1. The topological polar surface area (TPSA) is 75.0 Å². The molecule has 2 heterocycles. The molecule has 2 aromatic rings. The van der Waals surface area contributed by atoms with Crippen molar-refractivity contribution >= 4 is 22.8 Å². The molecule has 1 atom stereocenters. The van der Waals surface area contributed by atoms with Crippen LogP contribution in [0.4, 0.5) is 13.2 Å². The number of aryl methyl sites for hydroxylation is 1. The fourth-order valence-electron chi connectivity index (χ4n) is 4.39. The number of ether oxygens (including phenoxy) is 1. The van der Waals surface area contributed by atoms with E-state index in [0.29, 0.717) is 36.5 Å². The molecule has 9 heteroatoms. The Morgan fingerprint density at radius 2 is 2.14 bits per heavy atom. The summed E-state index contributed by atoms with van der Waals surface area (Å²) < 4.78 is 42.4. The van der Waals surface area contributed by atoms with Crippen LogP contribution in [0.25, 0.3) is 5.57 Å². The van der Waals surface area contributed by atoms with E-state index < -0.39 is 24.0 Å². The van der Waals surface area contributed by atoms with E-state index in [4.69, 9.17) is 4.74 Å². The van der Waals surface area contributed by atoms with E-state index in [9.17, 15) is 23.2 Å². The number of benzene rings is 1. The first-order valence-electron chi connectivity index (χ1n) is 12.1. The van der Waals surface area contributed by atoms with Crippen molar-refractivity contribution in [2.45, 2.75) is 69.0 Å². The molecular weight excluding hydrogens is 487 g/mol. The molecule has 1 aromatic carbocycles. The van der Waals surface area contributed by atoms with Gasteiger partial charge < -0.3 is 10.1 Å². The summed E-state index contributed by atoms with van der Waals surface area (Å²) in [6.07, 6.45) is 3.27. The maximum atomic E-state index is 12.9. The Labute approximate surface area is 212 Å². The largest absolute Gasteiger partial charge is 0.494 e. The average molecular weight is 516 g/mol. The zero-order valence-electron chi connectivity index (χ0n) is 19.9. The number of rotatable bonds is 11. The van der Waals surface area contributed by atoms with Crippen LogP contribution < -0.4 is 10.1 Å². The molecule has 5 nitrogen and oxygen atoms in total. The van der Waals surface area contributed by atoms with Crippen LogP contribution in [0.15, 0.2) is 48.7 Å². The van der Waals surface area contributed by atoms with E-state index in [2.05, 4.69) is 22.9 Å². The smallest absolute Gasteiger partial charge is 0.389 e. The fourth-order valence-corrected chi connectivity index (χ4v) is 5.53. The first kappa shape index (κ1) is 26.0. The standard InChI is InChI=1S/C27H28F3N3O2S/c1-2-26(11-4-7-18-6-3-8-20(14-18)35-13-5-12-27(28,29)30)15-21(22(16-31)24(34)33-26)25-32-17-23(36-25)19-9-10-19/h2-3,6,8,14,17,19H,1,4-5,7,9-13,15H2,(H,33,34)/t26-/m0/s1. The molecule has 36 heavy (non-hydrogen) atoms. The normalized spacial score (nSPS) is 20.1. The Hall–Kier alpha value is -3.12. The number of nitriles is 1. The van der Waals surface area contributed by atoms with Crippen LogP contribution in [0.3, 0.4) is 0 Å². The number of hydrogen-bond donors (Lipinski definition) is 1. The Morgan fingerprint density at radius 1 is 1.33 bits per heavy atom. The summed E-state index contributed by atoms with van der Waals surface area (Å²) in [6.45, 7) is 3.98. The highest BCUT2D eigenvalue weighted by Crippen LogP contribution is 2.45. The first-order chi connectivity index (χ1) is 17.2. The monoisotopic (exact) mass is 515 g/mol. The molecule has 1 N–H and O–H groups in total. The molecule has 190 valence electrons. The van der Waals surface area contributed by atoms with Gasteiger partial charge in [0.05, 0.1) is 12.1 Å². The summed E-state index contributed by atoms with van der Waals surface area (Å²) in [5, 5.41) is 13.4. The van der Waals surface area contributed by atoms with Gasteiger partial charge in [-0.25, -0.2) is 4.98 Å². The predicted molar refractivity (Wildman–Crippen MR) is 132 cm³/mol. The van der Waals surface area contributed by atoms with Crippen LogP contribution in [0, 0.1) is 11.3 Å². The van der Waals surface area contributed by atoms with Gasteiger partial charge in [0.15, 0.2) is 0 Å². The molecule has 1 fully saturated rings. The molecule has 1 saturated carbocycles. The summed E-state index contributed by atoms with van der Waals surface area (Å²) in [6, 6.07) is 9.39. The molecule has 0 saturated heterocycles. The molecule has 2 aliphatic rings. The minimum Gasteiger partial charge on any atom is -0.494 e. The molecule has 1 aromatic heterocycles. The Morgan fingerprint density at radius 3 is 2.83 bits per heavy atom. The van der Waals surface area contributed by atoms with Crippen molar-refractivity contribution < 1.29 is 22.7 Å². The van der Waals surface area contributed by atoms with Gasteiger partial charge in [-0.15, -0.1) is 17.9 Å². The van der Waals surface area contributed by atoms with Gasteiger partial charge in [0.1, 0.15) is 22.4 Å². The molecule has 0 radical (unpaired) electrons. The number of nitrogens with zero attached hydrogens (tertiary/aromatic N) is 2. The van der Waals surface area contributed by atoms with Crippen LogP contribution >= 0.6 is 11.3 Å². The van der Waals surface area contributed by atoms with Crippen molar-refractivity contribution in [3.8, 4) is 11.8 Å². The molecule has 4 rings (SSSR count). The van der Waals surface area contributed by atoms with Crippen LogP contribution in [0.2, 0.25) is 0 Å². The number of aromatic nitrogens is 1. The minimum absolute atomic E-state index is 0.00409. The summed E-state index contributed by atoms with van der Waals surface area (Å²) in [5.41, 5.74) is 1.09. The number of thiazole rings is 1. The average Bonchev–Trinajstić information content (AvgIpc) is 3.57. The van der Waals surface area contributed by atoms with Crippen molar-refractivity contribution in [3.05, 3.63) is 64.1 Å². The summed E-state index contributed by atoms with van der Waals surface area (Å²) in [7, 11) is 0. The lowest BCUT2D eigenvalue weighted by atomic mass is 9.80. The van der Waals surface area contributed by atoms with Crippen molar-refractivity contribution in [1.29, 1.82) is 5.26 Å². The molecule has 0 unspecified atom stereocenters. The minimum atomic E-state index is -4.18. The number of nitrogens with one attached hydrogen (secondary N) is 1. The van der Waals surface area contributed by atoms with E-state index in [0.717, 1.165) is 29.8 Å². The maximum Gasteiger partial charge on any atom is 0.389 e. The molecule has 1 amide bonds. The number of alkyl halides is 3. The zero-order chi connectivity index (χ0) is 25.8. The quantitative estimate of drug-likeness (QED) is 0.274. The first-order valence-corrected chi connectivity index (χ1v) is 12.9.